The van der Waals surface area contributed by atoms with Crippen LogP contribution in [0, 0.1) is 0 Å². The molecule has 0 fully saturated rings. The lowest BCUT2D eigenvalue weighted by Crippen LogP contribution is -2.31. The number of esters is 1. The van der Waals surface area contributed by atoms with Crippen molar-refractivity contribution in [1.82, 2.24) is 9.78 Å². The Morgan fingerprint density at radius 2 is 1.68 bits per heavy atom. The van der Waals surface area contributed by atoms with Gasteiger partial charge in [-0.25, -0.2) is 4.79 Å². The summed E-state index contributed by atoms with van der Waals surface area (Å²) in [6, 6.07) is 20.3. The molecule has 0 spiro atoms. The second kappa shape index (κ2) is 8.70. The molecular weight excluding hydrogens is 438 g/mol. The number of carbonyl (C=O) groups excluding carboxylic acids is 2. The highest BCUT2D eigenvalue weighted by Crippen LogP contribution is 2.34. The number of anilines is 1. The summed E-state index contributed by atoms with van der Waals surface area (Å²) in [6.07, 6.45) is -1.13. The number of amides is 1. The van der Waals surface area contributed by atoms with Gasteiger partial charge in [0.15, 0.2) is 23.3 Å². The van der Waals surface area contributed by atoms with Gasteiger partial charge in [-0.1, -0.05) is 36.4 Å². The number of rotatable bonds is 5. The van der Waals surface area contributed by atoms with Crippen molar-refractivity contribution in [2.24, 2.45) is 0 Å². The topological polar surface area (TPSA) is 109 Å². The Bertz CT molecular complexity index is 1460. The molecule has 0 saturated carbocycles. The largest absolute Gasteiger partial charge is 0.454 e. The fourth-order valence-electron chi connectivity index (χ4n) is 3.57. The number of carbonyl (C=O) groups is 2. The number of benzene rings is 3. The zero-order chi connectivity index (χ0) is 23.7. The maximum atomic E-state index is 13.1. The van der Waals surface area contributed by atoms with Crippen molar-refractivity contribution in [1.29, 1.82) is 0 Å². The molecule has 3 aromatic carbocycles. The second-order valence-electron chi connectivity index (χ2n) is 7.55. The van der Waals surface area contributed by atoms with Crippen LogP contribution in [-0.4, -0.2) is 34.6 Å². The van der Waals surface area contributed by atoms with Crippen molar-refractivity contribution in [3.8, 4) is 17.2 Å². The highest BCUT2D eigenvalue weighted by atomic mass is 16.7. The van der Waals surface area contributed by atoms with Crippen molar-refractivity contribution in [2.45, 2.75) is 13.0 Å². The van der Waals surface area contributed by atoms with Crippen LogP contribution in [0.4, 0.5) is 5.69 Å². The Kier molecular flexibility index (Phi) is 5.43. The third-order valence-electron chi connectivity index (χ3n) is 5.29. The molecule has 1 N–H and O–H groups in total. The second-order valence-corrected chi connectivity index (χ2v) is 7.55. The molecule has 0 radical (unpaired) electrons. The molecule has 1 aliphatic rings. The third kappa shape index (κ3) is 3.95. The Balaban J connectivity index is 1.41. The number of ether oxygens (including phenoxy) is 3. The normalized spacial score (nSPS) is 12.9. The van der Waals surface area contributed by atoms with Crippen LogP contribution in [-0.2, 0) is 9.53 Å². The van der Waals surface area contributed by atoms with E-state index >= 15 is 0 Å². The zero-order valence-corrected chi connectivity index (χ0v) is 18.1. The van der Waals surface area contributed by atoms with E-state index < -0.39 is 18.0 Å². The van der Waals surface area contributed by atoms with E-state index in [0.717, 1.165) is 4.68 Å². The van der Waals surface area contributed by atoms with Crippen LogP contribution in [0.2, 0.25) is 0 Å². The average Bonchev–Trinajstić information content (AvgIpc) is 3.33. The lowest BCUT2D eigenvalue weighted by molar-refractivity contribution is -0.123. The Hall–Kier alpha value is -4.66. The Labute approximate surface area is 193 Å². The van der Waals surface area contributed by atoms with Crippen LogP contribution in [0.5, 0.6) is 11.5 Å². The van der Waals surface area contributed by atoms with Gasteiger partial charge in [0.2, 0.25) is 6.79 Å². The van der Waals surface area contributed by atoms with Crippen LogP contribution in [0.3, 0.4) is 0 Å². The molecule has 4 aromatic rings. The van der Waals surface area contributed by atoms with E-state index in [-0.39, 0.29) is 18.0 Å². The number of aromatic nitrogens is 2. The predicted molar refractivity (Wildman–Crippen MR) is 123 cm³/mol. The number of fused-ring (bicyclic) bond motifs is 2. The zero-order valence-electron chi connectivity index (χ0n) is 18.1. The molecule has 170 valence electrons. The van der Waals surface area contributed by atoms with Gasteiger partial charge in [0.05, 0.1) is 11.1 Å². The van der Waals surface area contributed by atoms with Crippen LogP contribution in [0.25, 0.3) is 16.5 Å². The predicted octanol–water partition coefficient (Wildman–Crippen LogP) is 3.30. The Morgan fingerprint density at radius 1 is 0.971 bits per heavy atom. The average molecular weight is 457 g/mol. The minimum Gasteiger partial charge on any atom is -0.454 e. The van der Waals surface area contributed by atoms with Crippen LogP contribution in [0.15, 0.2) is 77.6 Å². The summed E-state index contributed by atoms with van der Waals surface area (Å²) in [5.41, 5.74) is 0.535. The fraction of sp³-hybridized carbons (Fsp3) is 0.120. The number of nitrogens with zero attached hydrogens (tertiary/aromatic N) is 2. The van der Waals surface area contributed by atoms with Gasteiger partial charge in [-0.15, -0.1) is 0 Å². The van der Waals surface area contributed by atoms with Gasteiger partial charge in [-0.05, 0) is 37.3 Å². The molecule has 0 saturated heterocycles. The maximum Gasteiger partial charge on any atom is 0.360 e. The van der Waals surface area contributed by atoms with E-state index in [2.05, 4.69) is 10.4 Å². The van der Waals surface area contributed by atoms with E-state index in [1.807, 2.05) is 6.07 Å². The van der Waals surface area contributed by atoms with Gasteiger partial charge in [-0.3, -0.25) is 9.59 Å². The molecule has 1 amide bonds. The van der Waals surface area contributed by atoms with Crippen molar-refractivity contribution in [2.75, 3.05) is 12.1 Å². The minimum atomic E-state index is -1.13. The first-order valence-corrected chi connectivity index (χ1v) is 10.5. The van der Waals surface area contributed by atoms with Crippen molar-refractivity contribution in [3.05, 3.63) is 88.8 Å². The first kappa shape index (κ1) is 21.2. The van der Waals surface area contributed by atoms with Gasteiger partial charge >= 0.3 is 5.97 Å². The lowest BCUT2D eigenvalue weighted by atomic mass is 10.1. The Morgan fingerprint density at radius 3 is 2.47 bits per heavy atom. The van der Waals surface area contributed by atoms with Crippen LogP contribution in [0.1, 0.15) is 17.4 Å². The minimum absolute atomic E-state index is 0.0678. The molecule has 5 rings (SSSR count). The smallest absolute Gasteiger partial charge is 0.360 e. The van der Waals surface area contributed by atoms with Crippen molar-refractivity contribution in [3.63, 3.8) is 0 Å². The summed E-state index contributed by atoms with van der Waals surface area (Å²) < 4.78 is 17.1. The molecule has 1 aromatic heterocycles. The maximum absolute atomic E-state index is 13.1. The molecule has 0 aliphatic carbocycles. The fourth-order valence-corrected chi connectivity index (χ4v) is 3.57. The van der Waals surface area contributed by atoms with Crippen LogP contribution >= 0.6 is 0 Å². The monoisotopic (exact) mass is 457 g/mol. The summed E-state index contributed by atoms with van der Waals surface area (Å²) in [7, 11) is 0. The van der Waals surface area contributed by atoms with E-state index in [4.69, 9.17) is 14.2 Å². The third-order valence-corrected chi connectivity index (χ3v) is 5.29. The molecule has 2 heterocycles. The van der Waals surface area contributed by atoms with Gasteiger partial charge in [0.25, 0.3) is 11.5 Å². The first-order chi connectivity index (χ1) is 16.5. The van der Waals surface area contributed by atoms with Gasteiger partial charge in [-0.2, -0.15) is 9.78 Å². The SMILES string of the molecule is C[C@@H](OC(=O)c1nn(-c2ccccc2)c(=O)c2ccccc12)C(=O)Nc1ccc2c(c1)OCO2. The summed E-state index contributed by atoms with van der Waals surface area (Å²) in [5.74, 6) is -0.257. The van der Waals surface area contributed by atoms with Gasteiger partial charge in [0, 0.05) is 17.1 Å². The summed E-state index contributed by atoms with van der Waals surface area (Å²) >= 11 is 0. The number of hydrogen-bond donors (Lipinski definition) is 1. The standard InChI is InChI=1S/C25H19N3O6/c1-15(23(29)26-16-11-12-20-21(13-16)33-14-32-20)34-25(31)22-18-9-5-6-10-19(18)24(30)28(27-22)17-7-3-2-4-8-17/h2-13,15H,14H2,1H3,(H,26,29)/t15-/m1/s1. The molecule has 34 heavy (non-hydrogen) atoms. The molecular formula is C25H19N3O6. The quantitative estimate of drug-likeness (QED) is 0.458. The molecule has 0 unspecified atom stereocenters. The molecule has 9 heteroatoms. The van der Waals surface area contributed by atoms with E-state index in [1.165, 1.54) is 6.92 Å². The van der Waals surface area contributed by atoms with Gasteiger partial charge < -0.3 is 19.5 Å². The van der Waals surface area contributed by atoms with Crippen molar-refractivity contribution >= 4 is 28.3 Å². The number of para-hydroxylation sites is 1. The highest BCUT2D eigenvalue weighted by Gasteiger charge is 2.24. The van der Waals surface area contributed by atoms with E-state index in [0.29, 0.717) is 33.6 Å². The first-order valence-electron chi connectivity index (χ1n) is 10.5. The molecule has 1 aliphatic heterocycles. The molecule has 0 bridgehead atoms. The lowest BCUT2D eigenvalue weighted by Gasteiger charge is -2.15. The summed E-state index contributed by atoms with van der Waals surface area (Å²) in [5, 5.41) is 7.61. The highest BCUT2D eigenvalue weighted by molar-refractivity contribution is 6.04. The van der Waals surface area contributed by atoms with Crippen molar-refractivity contribution < 1.29 is 23.8 Å². The van der Waals surface area contributed by atoms with E-state index in [1.54, 1.807) is 66.7 Å². The number of nitrogens with one attached hydrogen (secondary N) is 1. The van der Waals surface area contributed by atoms with Crippen LogP contribution < -0.4 is 20.3 Å². The van der Waals surface area contributed by atoms with E-state index in [9.17, 15) is 14.4 Å². The summed E-state index contributed by atoms with van der Waals surface area (Å²) in [4.78, 5) is 38.7. The molecule has 9 nitrogen and oxygen atoms in total. The van der Waals surface area contributed by atoms with Gasteiger partial charge in [0.1, 0.15) is 0 Å². The summed E-state index contributed by atoms with van der Waals surface area (Å²) in [6.45, 7) is 1.57. The number of hydrogen-bond acceptors (Lipinski definition) is 7. The molecule has 1 atom stereocenters.